The summed E-state index contributed by atoms with van der Waals surface area (Å²) in [5.41, 5.74) is 5.83. The van der Waals surface area contributed by atoms with Crippen LogP contribution in [-0.4, -0.2) is 18.1 Å². The van der Waals surface area contributed by atoms with Crippen molar-refractivity contribution in [2.24, 2.45) is 5.73 Å². The van der Waals surface area contributed by atoms with Crippen LogP contribution in [0.5, 0.6) is 0 Å². The van der Waals surface area contributed by atoms with Crippen LogP contribution in [0.2, 0.25) is 0 Å². The third-order valence-corrected chi connectivity index (χ3v) is 2.72. The molecule has 1 fully saturated rings. The highest BCUT2D eigenvalue weighted by atomic mass is 14.9. The first-order valence-corrected chi connectivity index (χ1v) is 5.17. The van der Waals surface area contributed by atoms with E-state index in [0.29, 0.717) is 18.1 Å². The lowest BCUT2D eigenvalue weighted by atomic mass is 9.91. The van der Waals surface area contributed by atoms with Gasteiger partial charge in [0, 0.05) is 24.5 Å². The van der Waals surface area contributed by atoms with Gasteiger partial charge in [0.1, 0.15) is 0 Å². The van der Waals surface area contributed by atoms with E-state index in [1.807, 2.05) is 0 Å². The van der Waals surface area contributed by atoms with Crippen molar-refractivity contribution in [2.45, 2.75) is 57.2 Å². The fraction of sp³-hybridized carbons (Fsp3) is 0.818. The fourth-order valence-electron chi connectivity index (χ4n) is 1.92. The fourth-order valence-corrected chi connectivity index (χ4v) is 1.92. The molecule has 0 aromatic rings. The molecule has 2 heteroatoms. The van der Waals surface area contributed by atoms with E-state index >= 15 is 0 Å². The van der Waals surface area contributed by atoms with E-state index in [-0.39, 0.29) is 0 Å². The zero-order valence-corrected chi connectivity index (χ0v) is 8.42. The van der Waals surface area contributed by atoms with Gasteiger partial charge < -0.3 is 11.1 Å². The molecule has 13 heavy (non-hydrogen) atoms. The highest BCUT2D eigenvalue weighted by molar-refractivity contribution is 4.90. The summed E-state index contributed by atoms with van der Waals surface area (Å²) in [6.45, 7) is 2.15. The van der Waals surface area contributed by atoms with Crippen LogP contribution in [0.25, 0.3) is 0 Å². The average Bonchev–Trinajstić information content (AvgIpc) is 2.09. The molecule has 1 aliphatic carbocycles. The third kappa shape index (κ3) is 3.80. The molecule has 2 nitrogen and oxygen atoms in total. The van der Waals surface area contributed by atoms with Gasteiger partial charge in [-0.25, -0.2) is 0 Å². The Morgan fingerprint density at radius 3 is 2.62 bits per heavy atom. The molecule has 3 N–H and O–H groups in total. The largest absolute Gasteiger partial charge is 0.328 e. The van der Waals surface area contributed by atoms with Crippen LogP contribution in [0.3, 0.4) is 0 Å². The molecular formula is C11H20N2. The quantitative estimate of drug-likeness (QED) is 0.642. The monoisotopic (exact) mass is 180 g/mol. The Hall–Kier alpha value is -0.520. The van der Waals surface area contributed by atoms with Gasteiger partial charge in [-0.1, -0.05) is 0 Å². The minimum atomic E-state index is 0.431. The van der Waals surface area contributed by atoms with E-state index in [4.69, 9.17) is 12.2 Å². The first-order chi connectivity index (χ1) is 6.22. The molecule has 0 bridgehead atoms. The smallest absolute Gasteiger partial charge is 0.0238 e. The van der Waals surface area contributed by atoms with Gasteiger partial charge in [0.2, 0.25) is 0 Å². The lowest BCUT2D eigenvalue weighted by molar-refractivity contribution is 0.321. The van der Waals surface area contributed by atoms with Crippen molar-refractivity contribution in [3.63, 3.8) is 0 Å². The van der Waals surface area contributed by atoms with Gasteiger partial charge >= 0.3 is 0 Å². The Labute approximate surface area is 81.3 Å². The van der Waals surface area contributed by atoms with Gasteiger partial charge in [-0.3, -0.25) is 0 Å². The Morgan fingerprint density at radius 1 is 1.46 bits per heavy atom. The number of nitrogens with one attached hydrogen (secondary N) is 1. The molecule has 1 rings (SSSR count). The maximum atomic E-state index is 5.83. The molecule has 0 amide bonds. The molecule has 0 aliphatic heterocycles. The van der Waals surface area contributed by atoms with Gasteiger partial charge in [0.25, 0.3) is 0 Å². The zero-order chi connectivity index (χ0) is 9.68. The summed E-state index contributed by atoms with van der Waals surface area (Å²) in [4.78, 5) is 0. The Kier molecular flexibility index (Phi) is 4.27. The van der Waals surface area contributed by atoms with E-state index < -0.39 is 0 Å². The molecule has 0 spiro atoms. The molecular weight excluding hydrogens is 160 g/mol. The Bertz CT molecular complexity index is 175. The van der Waals surface area contributed by atoms with E-state index in [1.54, 1.807) is 0 Å². The first-order valence-electron chi connectivity index (χ1n) is 5.17. The van der Waals surface area contributed by atoms with E-state index in [2.05, 4.69) is 18.2 Å². The standard InChI is InChI=1S/C11H20N2/c1-3-4-9(2)13-11-7-5-10(12)6-8-11/h1,9-11,13H,4-8,12H2,2H3. The van der Waals surface area contributed by atoms with Crippen molar-refractivity contribution in [3.8, 4) is 12.3 Å². The summed E-state index contributed by atoms with van der Waals surface area (Å²) < 4.78 is 0. The van der Waals surface area contributed by atoms with Crippen LogP contribution in [-0.2, 0) is 0 Å². The molecule has 0 heterocycles. The van der Waals surface area contributed by atoms with Gasteiger partial charge in [-0.2, -0.15) is 0 Å². The number of nitrogens with two attached hydrogens (primary N) is 1. The molecule has 1 saturated carbocycles. The van der Waals surface area contributed by atoms with Crippen LogP contribution < -0.4 is 11.1 Å². The van der Waals surface area contributed by atoms with Crippen molar-refractivity contribution in [3.05, 3.63) is 0 Å². The number of hydrogen-bond donors (Lipinski definition) is 2. The van der Waals surface area contributed by atoms with Gasteiger partial charge in [-0.15, -0.1) is 12.3 Å². The van der Waals surface area contributed by atoms with Crippen molar-refractivity contribution in [2.75, 3.05) is 0 Å². The normalized spacial score (nSPS) is 30.8. The number of hydrogen-bond acceptors (Lipinski definition) is 2. The third-order valence-electron chi connectivity index (χ3n) is 2.72. The topological polar surface area (TPSA) is 38.0 Å². The summed E-state index contributed by atoms with van der Waals surface area (Å²) in [5.74, 6) is 2.68. The molecule has 1 aliphatic rings. The zero-order valence-electron chi connectivity index (χ0n) is 8.42. The van der Waals surface area contributed by atoms with Gasteiger partial charge in [0.05, 0.1) is 0 Å². The summed E-state index contributed by atoms with van der Waals surface area (Å²) in [7, 11) is 0. The highest BCUT2D eigenvalue weighted by Gasteiger charge is 2.19. The van der Waals surface area contributed by atoms with Crippen molar-refractivity contribution in [1.29, 1.82) is 0 Å². The Balaban J connectivity index is 2.19. The second kappa shape index (κ2) is 5.26. The van der Waals surface area contributed by atoms with Crippen LogP contribution in [0.1, 0.15) is 39.0 Å². The lowest BCUT2D eigenvalue weighted by Crippen LogP contribution is -2.41. The van der Waals surface area contributed by atoms with Crippen LogP contribution >= 0.6 is 0 Å². The maximum Gasteiger partial charge on any atom is 0.0238 e. The lowest BCUT2D eigenvalue weighted by Gasteiger charge is -2.29. The molecule has 0 radical (unpaired) electrons. The highest BCUT2D eigenvalue weighted by Crippen LogP contribution is 2.17. The van der Waals surface area contributed by atoms with Crippen molar-refractivity contribution >= 4 is 0 Å². The number of terminal acetylenes is 1. The Morgan fingerprint density at radius 2 is 2.08 bits per heavy atom. The molecule has 74 valence electrons. The molecule has 1 unspecified atom stereocenters. The molecule has 0 saturated heterocycles. The predicted molar refractivity (Wildman–Crippen MR) is 56.3 cm³/mol. The summed E-state index contributed by atoms with van der Waals surface area (Å²) >= 11 is 0. The van der Waals surface area contributed by atoms with E-state index in [0.717, 1.165) is 19.3 Å². The summed E-state index contributed by atoms with van der Waals surface area (Å²) in [6.07, 6.45) is 10.8. The van der Waals surface area contributed by atoms with Crippen LogP contribution in [0.15, 0.2) is 0 Å². The van der Waals surface area contributed by atoms with Gasteiger partial charge in [-0.05, 0) is 32.6 Å². The van der Waals surface area contributed by atoms with Crippen LogP contribution in [0, 0.1) is 12.3 Å². The number of rotatable bonds is 3. The molecule has 1 atom stereocenters. The minimum Gasteiger partial charge on any atom is -0.328 e. The van der Waals surface area contributed by atoms with Crippen molar-refractivity contribution < 1.29 is 0 Å². The summed E-state index contributed by atoms with van der Waals surface area (Å²) in [6, 6.07) is 1.52. The predicted octanol–water partition coefficient (Wildman–Crippen LogP) is 1.26. The van der Waals surface area contributed by atoms with Gasteiger partial charge in [0.15, 0.2) is 0 Å². The second-order valence-corrected chi connectivity index (χ2v) is 4.09. The molecule has 0 aromatic carbocycles. The SMILES string of the molecule is C#CCC(C)NC1CCC(N)CC1. The van der Waals surface area contributed by atoms with Crippen LogP contribution in [0.4, 0.5) is 0 Å². The maximum absolute atomic E-state index is 5.83. The van der Waals surface area contributed by atoms with E-state index in [9.17, 15) is 0 Å². The van der Waals surface area contributed by atoms with E-state index in [1.165, 1.54) is 12.8 Å². The second-order valence-electron chi connectivity index (χ2n) is 4.09. The minimum absolute atomic E-state index is 0.431. The molecule has 0 aromatic heterocycles. The van der Waals surface area contributed by atoms with Crippen molar-refractivity contribution in [1.82, 2.24) is 5.32 Å². The summed E-state index contributed by atoms with van der Waals surface area (Å²) in [5, 5.41) is 3.54. The first kappa shape index (κ1) is 10.6. The average molecular weight is 180 g/mol.